The summed E-state index contributed by atoms with van der Waals surface area (Å²) in [7, 11) is 0. The second-order valence-corrected chi connectivity index (χ2v) is 8.29. The Balaban J connectivity index is 1.89. The standard InChI is InChI=1S/C20H23N3O3S/c1-11(2)20(5)19(25)22-17(23-20)16-15(7-12(3)8-21-16)18(24)26-9-14-6-13(4)10-27-14/h6-8,10-11H,9H2,1-5H3,(H,22,23,25). The van der Waals surface area contributed by atoms with Crippen molar-refractivity contribution in [3.8, 4) is 0 Å². The Morgan fingerprint density at radius 3 is 2.63 bits per heavy atom. The first-order valence-electron chi connectivity index (χ1n) is 8.80. The van der Waals surface area contributed by atoms with Crippen molar-refractivity contribution in [1.29, 1.82) is 0 Å². The number of nitrogens with one attached hydrogen (secondary N) is 1. The van der Waals surface area contributed by atoms with Crippen molar-refractivity contribution >= 4 is 29.0 Å². The van der Waals surface area contributed by atoms with Gasteiger partial charge in [0, 0.05) is 11.1 Å². The predicted octanol–water partition coefficient (Wildman–Crippen LogP) is 3.41. The quantitative estimate of drug-likeness (QED) is 0.800. The zero-order valence-electron chi connectivity index (χ0n) is 16.1. The lowest BCUT2D eigenvalue weighted by Crippen LogP contribution is -2.41. The van der Waals surface area contributed by atoms with Crippen molar-refractivity contribution in [2.24, 2.45) is 10.9 Å². The fraction of sp³-hybridized carbons (Fsp3) is 0.400. The summed E-state index contributed by atoms with van der Waals surface area (Å²) in [6.45, 7) is 9.71. The van der Waals surface area contributed by atoms with Gasteiger partial charge in [-0.05, 0) is 55.3 Å². The van der Waals surface area contributed by atoms with Crippen LogP contribution in [-0.2, 0) is 16.1 Å². The lowest BCUT2D eigenvalue weighted by Gasteiger charge is -2.21. The maximum absolute atomic E-state index is 12.7. The number of pyridine rings is 1. The molecule has 0 saturated heterocycles. The molecule has 6 nitrogen and oxygen atoms in total. The van der Waals surface area contributed by atoms with Crippen molar-refractivity contribution in [2.75, 3.05) is 0 Å². The monoisotopic (exact) mass is 385 g/mol. The van der Waals surface area contributed by atoms with Gasteiger partial charge >= 0.3 is 5.97 Å². The number of hydrogen-bond acceptors (Lipinski definition) is 6. The van der Waals surface area contributed by atoms with Crippen LogP contribution >= 0.6 is 11.3 Å². The molecule has 1 amide bonds. The van der Waals surface area contributed by atoms with Crippen molar-refractivity contribution < 1.29 is 14.3 Å². The van der Waals surface area contributed by atoms with E-state index in [0.717, 1.165) is 16.0 Å². The first-order valence-corrected chi connectivity index (χ1v) is 9.68. The van der Waals surface area contributed by atoms with E-state index in [-0.39, 0.29) is 18.4 Å². The van der Waals surface area contributed by atoms with Gasteiger partial charge in [0.05, 0.1) is 5.56 Å². The lowest BCUT2D eigenvalue weighted by atomic mass is 9.89. The zero-order valence-corrected chi connectivity index (χ0v) is 16.9. The molecule has 1 aliphatic rings. The third-order valence-electron chi connectivity index (χ3n) is 4.76. The van der Waals surface area contributed by atoms with E-state index in [1.54, 1.807) is 30.5 Å². The number of hydrogen-bond donors (Lipinski definition) is 1. The van der Waals surface area contributed by atoms with Gasteiger partial charge in [-0.2, -0.15) is 0 Å². The second kappa shape index (κ2) is 7.23. The molecular formula is C20H23N3O3S. The number of rotatable bonds is 5. The SMILES string of the molecule is Cc1csc(COC(=O)c2cc(C)cnc2C2=NC(C)(C(C)C)C(=O)N2)c1. The fourth-order valence-corrected chi connectivity index (χ4v) is 3.53. The van der Waals surface area contributed by atoms with Crippen LogP contribution in [0.5, 0.6) is 0 Å². The number of amidine groups is 1. The Morgan fingerprint density at radius 2 is 2.04 bits per heavy atom. The topological polar surface area (TPSA) is 80.7 Å². The van der Waals surface area contributed by atoms with Crippen LogP contribution in [0.4, 0.5) is 0 Å². The van der Waals surface area contributed by atoms with Crippen molar-refractivity contribution in [1.82, 2.24) is 10.3 Å². The van der Waals surface area contributed by atoms with Gasteiger partial charge in [-0.1, -0.05) is 13.8 Å². The van der Waals surface area contributed by atoms with Crippen LogP contribution in [0.1, 0.15) is 52.8 Å². The molecule has 0 aromatic carbocycles. The average molecular weight is 385 g/mol. The average Bonchev–Trinajstić information content (AvgIpc) is 3.16. The molecule has 7 heteroatoms. The van der Waals surface area contributed by atoms with E-state index in [9.17, 15) is 9.59 Å². The first-order chi connectivity index (χ1) is 12.7. The van der Waals surface area contributed by atoms with Gasteiger partial charge in [-0.15, -0.1) is 11.3 Å². The van der Waals surface area contributed by atoms with E-state index in [4.69, 9.17) is 4.74 Å². The highest BCUT2D eigenvalue weighted by Crippen LogP contribution is 2.27. The van der Waals surface area contributed by atoms with Crippen LogP contribution in [0.2, 0.25) is 0 Å². The summed E-state index contributed by atoms with van der Waals surface area (Å²) < 4.78 is 5.47. The maximum Gasteiger partial charge on any atom is 0.340 e. The van der Waals surface area contributed by atoms with Gasteiger partial charge < -0.3 is 10.1 Å². The number of esters is 1. The van der Waals surface area contributed by atoms with Gasteiger partial charge in [-0.3, -0.25) is 9.78 Å². The summed E-state index contributed by atoms with van der Waals surface area (Å²) in [5.74, 6) is -0.348. The van der Waals surface area contributed by atoms with E-state index in [0.29, 0.717) is 17.1 Å². The van der Waals surface area contributed by atoms with Crippen LogP contribution in [0, 0.1) is 19.8 Å². The van der Waals surface area contributed by atoms with Gasteiger partial charge in [0.2, 0.25) is 0 Å². The van der Waals surface area contributed by atoms with E-state index < -0.39 is 11.5 Å². The highest BCUT2D eigenvalue weighted by atomic mass is 32.1. The fourth-order valence-electron chi connectivity index (χ4n) is 2.74. The van der Waals surface area contributed by atoms with Crippen LogP contribution < -0.4 is 5.32 Å². The summed E-state index contributed by atoms with van der Waals surface area (Å²) in [5.41, 5.74) is 1.73. The summed E-state index contributed by atoms with van der Waals surface area (Å²) in [5, 5.41) is 4.79. The number of nitrogens with zero attached hydrogens (tertiary/aromatic N) is 2. The first kappa shape index (κ1) is 19.2. The van der Waals surface area contributed by atoms with Gasteiger partial charge in [-0.25, -0.2) is 9.79 Å². The van der Waals surface area contributed by atoms with Crippen LogP contribution in [0.3, 0.4) is 0 Å². The Labute approximate surface area is 162 Å². The van der Waals surface area contributed by atoms with Crippen molar-refractivity contribution in [3.63, 3.8) is 0 Å². The molecule has 1 unspecified atom stereocenters. The van der Waals surface area contributed by atoms with E-state index >= 15 is 0 Å². The zero-order chi connectivity index (χ0) is 19.8. The number of ether oxygens (including phenoxy) is 1. The Morgan fingerprint density at radius 1 is 1.30 bits per heavy atom. The van der Waals surface area contributed by atoms with Crippen molar-refractivity contribution in [2.45, 2.75) is 46.8 Å². The predicted molar refractivity (Wildman–Crippen MR) is 105 cm³/mol. The molecule has 2 aromatic rings. The molecule has 3 rings (SSSR count). The summed E-state index contributed by atoms with van der Waals surface area (Å²) in [6, 6.07) is 3.70. The molecule has 0 radical (unpaired) electrons. The highest BCUT2D eigenvalue weighted by Gasteiger charge is 2.43. The van der Waals surface area contributed by atoms with Gasteiger partial charge in [0.15, 0.2) is 5.84 Å². The lowest BCUT2D eigenvalue weighted by molar-refractivity contribution is -0.124. The second-order valence-electron chi connectivity index (χ2n) is 7.29. The number of carbonyl (C=O) groups is 2. The smallest absolute Gasteiger partial charge is 0.340 e. The maximum atomic E-state index is 12.7. The third kappa shape index (κ3) is 3.78. The van der Waals surface area contributed by atoms with E-state index in [2.05, 4.69) is 15.3 Å². The molecule has 1 aliphatic heterocycles. The van der Waals surface area contributed by atoms with Gasteiger partial charge in [0.25, 0.3) is 5.91 Å². The molecule has 1 atom stereocenters. The molecule has 27 heavy (non-hydrogen) atoms. The summed E-state index contributed by atoms with van der Waals surface area (Å²) >= 11 is 1.55. The van der Waals surface area contributed by atoms with E-state index in [1.165, 1.54) is 0 Å². The molecule has 2 aromatic heterocycles. The molecule has 0 aliphatic carbocycles. The minimum absolute atomic E-state index is 0.0120. The summed E-state index contributed by atoms with van der Waals surface area (Å²) in [4.78, 5) is 35.0. The highest BCUT2D eigenvalue weighted by molar-refractivity contribution is 7.10. The summed E-state index contributed by atoms with van der Waals surface area (Å²) in [6.07, 6.45) is 1.65. The van der Waals surface area contributed by atoms with E-state index in [1.807, 2.05) is 39.1 Å². The molecule has 142 valence electrons. The number of amides is 1. The molecule has 3 heterocycles. The van der Waals surface area contributed by atoms with Crippen LogP contribution in [0.15, 0.2) is 28.7 Å². The van der Waals surface area contributed by atoms with Crippen LogP contribution in [-0.4, -0.2) is 28.2 Å². The third-order valence-corrected chi connectivity index (χ3v) is 5.79. The number of aryl methyl sites for hydroxylation is 2. The number of aromatic nitrogens is 1. The minimum atomic E-state index is -0.877. The molecule has 0 bridgehead atoms. The minimum Gasteiger partial charge on any atom is -0.456 e. The molecule has 0 saturated carbocycles. The Bertz CT molecular complexity index is 932. The number of carbonyl (C=O) groups excluding carboxylic acids is 2. The molecule has 1 N–H and O–H groups in total. The number of aliphatic imine (C=N–C) groups is 1. The van der Waals surface area contributed by atoms with Gasteiger partial charge in [0.1, 0.15) is 17.8 Å². The normalized spacial score (nSPS) is 19.2. The van der Waals surface area contributed by atoms with Crippen LogP contribution in [0.25, 0.3) is 0 Å². The Kier molecular flexibility index (Phi) is 5.15. The number of thiophene rings is 1. The largest absolute Gasteiger partial charge is 0.456 e. The molecule has 0 spiro atoms. The molecular weight excluding hydrogens is 362 g/mol. The Hall–Kier alpha value is -2.54. The van der Waals surface area contributed by atoms with Crippen molar-refractivity contribution in [3.05, 3.63) is 51.0 Å². The molecule has 0 fully saturated rings.